The van der Waals surface area contributed by atoms with Crippen LogP contribution in [0.4, 0.5) is 0 Å². The van der Waals surface area contributed by atoms with E-state index in [1.807, 2.05) is 38.1 Å². The minimum Gasteiger partial charge on any atom is -0.492 e. The SMILES string of the molecule is CC(C)(COc1ccc(-c2cocn2)cc1)NCC(O)c1ccc(Cl)nc1. The zero-order chi connectivity index (χ0) is 19.3. The molecule has 2 heterocycles. The van der Waals surface area contributed by atoms with Gasteiger partial charge in [0.2, 0.25) is 0 Å². The van der Waals surface area contributed by atoms with Crippen molar-refractivity contribution >= 4 is 11.6 Å². The summed E-state index contributed by atoms with van der Waals surface area (Å²) < 4.78 is 10.9. The number of nitrogens with one attached hydrogen (secondary N) is 1. The highest BCUT2D eigenvalue weighted by Crippen LogP contribution is 2.21. The Morgan fingerprint density at radius 2 is 1.96 bits per heavy atom. The van der Waals surface area contributed by atoms with Crippen molar-refractivity contribution < 1.29 is 14.3 Å². The summed E-state index contributed by atoms with van der Waals surface area (Å²) in [6, 6.07) is 11.1. The van der Waals surface area contributed by atoms with Gasteiger partial charge in [0.25, 0.3) is 0 Å². The molecule has 1 atom stereocenters. The van der Waals surface area contributed by atoms with E-state index in [1.54, 1.807) is 24.6 Å². The van der Waals surface area contributed by atoms with E-state index in [-0.39, 0.29) is 5.54 Å². The lowest BCUT2D eigenvalue weighted by Crippen LogP contribution is -2.46. The summed E-state index contributed by atoms with van der Waals surface area (Å²) in [4.78, 5) is 8.11. The number of ether oxygens (including phenoxy) is 1. The van der Waals surface area contributed by atoms with Crippen molar-refractivity contribution in [3.8, 4) is 17.0 Å². The largest absolute Gasteiger partial charge is 0.492 e. The molecule has 0 fully saturated rings. The second kappa shape index (κ2) is 8.52. The summed E-state index contributed by atoms with van der Waals surface area (Å²) in [5.41, 5.74) is 2.14. The molecule has 0 aliphatic carbocycles. The summed E-state index contributed by atoms with van der Waals surface area (Å²) in [6.45, 7) is 4.86. The Bertz CT molecular complexity index is 834. The van der Waals surface area contributed by atoms with E-state index in [0.717, 1.165) is 17.0 Å². The van der Waals surface area contributed by atoms with Gasteiger partial charge in [-0.05, 0) is 44.2 Å². The predicted molar refractivity (Wildman–Crippen MR) is 104 cm³/mol. The Hall–Kier alpha value is -2.41. The molecule has 0 aliphatic rings. The molecule has 0 amide bonds. The molecule has 6 nitrogen and oxygen atoms in total. The van der Waals surface area contributed by atoms with Gasteiger partial charge in [0, 0.05) is 29.4 Å². The summed E-state index contributed by atoms with van der Waals surface area (Å²) in [5, 5.41) is 14.0. The first-order chi connectivity index (χ1) is 12.9. The molecule has 0 saturated carbocycles. The summed E-state index contributed by atoms with van der Waals surface area (Å²) in [5.74, 6) is 0.763. The van der Waals surface area contributed by atoms with E-state index in [0.29, 0.717) is 23.9 Å². The van der Waals surface area contributed by atoms with Crippen LogP contribution in [0.15, 0.2) is 59.7 Å². The van der Waals surface area contributed by atoms with Gasteiger partial charge < -0.3 is 19.6 Å². The molecule has 1 aromatic carbocycles. The average Bonchev–Trinajstić information content (AvgIpc) is 3.20. The topological polar surface area (TPSA) is 80.4 Å². The third kappa shape index (κ3) is 5.53. The molecule has 2 N–H and O–H groups in total. The Labute approximate surface area is 163 Å². The number of aliphatic hydroxyl groups is 1. The van der Waals surface area contributed by atoms with Crippen molar-refractivity contribution in [2.24, 2.45) is 0 Å². The van der Waals surface area contributed by atoms with Gasteiger partial charge >= 0.3 is 0 Å². The van der Waals surface area contributed by atoms with Gasteiger partial charge in [0.1, 0.15) is 29.5 Å². The van der Waals surface area contributed by atoms with Crippen molar-refractivity contribution in [3.05, 3.63) is 66.0 Å². The third-order valence-corrected chi connectivity index (χ3v) is 4.31. The molecule has 142 valence electrons. The minimum absolute atomic E-state index is 0.328. The molecule has 0 saturated heterocycles. The van der Waals surface area contributed by atoms with Gasteiger partial charge in [-0.1, -0.05) is 17.7 Å². The molecule has 0 spiro atoms. The van der Waals surface area contributed by atoms with Crippen LogP contribution in [0.2, 0.25) is 5.15 Å². The zero-order valence-corrected chi connectivity index (χ0v) is 16.0. The Morgan fingerprint density at radius 3 is 2.59 bits per heavy atom. The van der Waals surface area contributed by atoms with Crippen LogP contribution in [-0.4, -0.2) is 33.8 Å². The molecular weight excluding hydrogens is 366 g/mol. The Balaban J connectivity index is 1.49. The average molecular weight is 388 g/mol. The number of aromatic nitrogens is 2. The maximum atomic E-state index is 10.3. The molecule has 0 bridgehead atoms. The summed E-state index contributed by atoms with van der Waals surface area (Å²) >= 11 is 5.77. The van der Waals surface area contributed by atoms with Crippen LogP contribution >= 0.6 is 11.6 Å². The molecule has 3 rings (SSSR count). The van der Waals surface area contributed by atoms with Gasteiger partial charge in [0.05, 0.1) is 6.10 Å². The first-order valence-electron chi connectivity index (χ1n) is 8.59. The maximum absolute atomic E-state index is 10.3. The minimum atomic E-state index is -0.671. The van der Waals surface area contributed by atoms with Gasteiger partial charge in [0.15, 0.2) is 6.39 Å². The fraction of sp³-hybridized carbons (Fsp3) is 0.300. The molecule has 0 aliphatic heterocycles. The van der Waals surface area contributed by atoms with Crippen LogP contribution in [0.3, 0.4) is 0 Å². The van der Waals surface area contributed by atoms with E-state index in [4.69, 9.17) is 20.8 Å². The standard InChI is InChI=1S/C20H22ClN3O3/c1-20(2,24-10-18(25)15-5-8-19(21)22-9-15)12-27-16-6-3-14(4-7-16)17-11-26-13-23-17/h3-9,11,13,18,24-25H,10,12H2,1-2H3. The lowest BCUT2D eigenvalue weighted by Gasteiger charge is -2.28. The zero-order valence-electron chi connectivity index (χ0n) is 15.2. The van der Waals surface area contributed by atoms with Crippen molar-refractivity contribution in [1.29, 1.82) is 0 Å². The first kappa shape index (κ1) is 19.4. The quantitative estimate of drug-likeness (QED) is 0.571. The second-order valence-electron chi connectivity index (χ2n) is 6.88. The predicted octanol–water partition coefficient (Wildman–Crippen LogP) is 3.87. The van der Waals surface area contributed by atoms with E-state index in [9.17, 15) is 5.11 Å². The number of rotatable bonds is 8. The highest BCUT2D eigenvalue weighted by atomic mass is 35.5. The van der Waals surface area contributed by atoms with Crippen molar-refractivity contribution in [1.82, 2.24) is 15.3 Å². The van der Waals surface area contributed by atoms with Crippen LogP contribution in [0, 0.1) is 0 Å². The van der Waals surface area contributed by atoms with Crippen LogP contribution in [0.25, 0.3) is 11.3 Å². The smallest absolute Gasteiger partial charge is 0.181 e. The fourth-order valence-electron chi connectivity index (χ4n) is 2.47. The molecule has 0 radical (unpaired) electrons. The lowest BCUT2D eigenvalue weighted by atomic mass is 10.1. The highest BCUT2D eigenvalue weighted by molar-refractivity contribution is 6.29. The molecule has 7 heteroatoms. The van der Waals surface area contributed by atoms with E-state index >= 15 is 0 Å². The van der Waals surface area contributed by atoms with Gasteiger partial charge in [-0.3, -0.25) is 0 Å². The van der Waals surface area contributed by atoms with Gasteiger partial charge in [-0.15, -0.1) is 0 Å². The summed E-state index contributed by atoms with van der Waals surface area (Å²) in [6.07, 6.45) is 3.91. The van der Waals surface area contributed by atoms with Crippen molar-refractivity contribution in [3.63, 3.8) is 0 Å². The van der Waals surface area contributed by atoms with Crippen LogP contribution < -0.4 is 10.1 Å². The Kier molecular flexibility index (Phi) is 6.11. The monoisotopic (exact) mass is 387 g/mol. The number of hydrogen-bond donors (Lipinski definition) is 2. The highest BCUT2D eigenvalue weighted by Gasteiger charge is 2.20. The molecular formula is C20H22ClN3O3. The number of hydrogen-bond acceptors (Lipinski definition) is 6. The number of oxazole rings is 1. The van der Waals surface area contributed by atoms with Crippen LogP contribution in [0.5, 0.6) is 5.75 Å². The van der Waals surface area contributed by atoms with E-state index < -0.39 is 6.10 Å². The molecule has 1 unspecified atom stereocenters. The lowest BCUT2D eigenvalue weighted by molar-refractivity contribution is 0.142. The normalized spacial score (nSPS) is 12.7. The van der Waals surface area contributed by atoms with Gasteiger partial charge in [-0.25, -0.2) is 9.97 Å². The number of pyridine rings is 1. The molecule has 27 heavy (non-hydrogen) atoms. The van der Waals surface area contributed by atoms with Gasteiger partial charge in [-0.2, -0.15) is 0 Å². The van der Waals surface area contributed by atoms with Crippen molar-refractivity contribution in [2.75, 3.05) is 13.2 Å². The maximum Gasteiger partial charge on any atom is 0.181 e. The number of benzene rings is 1. The van der Waals surface area contributed by atoms with E-state index in [1.165, 1.54) is 6.39 Å². The number of nitrogens with zero attached hydrogens (tertiary/aromatic N) is 2. The Morgan fingerprint density at radius 1 is 1.19 bits per heavy atom. The van der Waals surface area contributed by atoms with Crippen LogP contribution in [0.1, 0.15) is 25.5 Å². The number of β-amino-alcohol motifs (C(OH)–C–C–N with tert-alkyl or cyclic N) is 1. The van der Waals surface area contributed by atoms with Crippen molar-refractivity contribution in [2.45, 2.75) is 25.5 Å². The number of halogens is 1. The fourth-order valence-corrected chi connectivity index (χ4v) is 2.58. The molecule has 3 aromatic rings. The van der Waals surface area contributed by atoms with Crippen LogP contribution in [-0.2, 0) is 0 Å². The number of aliphatic hydroxyl groups excluding tert-OH is 1. The van der Waals surface area contributed by atoms with E-state index in [2.05, 4.69) is 15.3 Å². The second-order valence-corrected chi connectivity index (χ2v) is 7.27. The molecule has 2 aromatic heterocycles. The first-order valence-corrected chi connectivity index (χ1v) is 8.97. The summed E-state index contributed by atoms with van der Waals surface area (Å²) in [7, 11) is 0. The third-order valence-electron chi connectivity index (χ3n) is 4.09.